The van der Waals surface area contributed by atoms with E-state index in [1.54, 1.807) is 14.2 Å². The predicted molar refractivity (Wildman–Crippen MR) is 60.0 cm³/mol. The second kappa shape index (κ2) is 3.31. The summed E-state index contributed by atoms with van der Waals surface area (Å²) in [5.74, 6) is 1.26. The van der Waals surface area contributed by atoms with Crippen LogP contribution in [0.15, 0.2) is 12.2 Å². The van der Waals surface area contributed by atoms with Crippen LogP contribution in [-0.2, 0) is 14.2 Å². The summed E-state index contributed by atoms with van der Waals surface area (Å²) in [6, 6.07) is 0. The topological polar surface area (TPSA) is 31.0 Å². The molecule has 3 heteroatoms. The van der Waals surface area contributed by atoms with Gasteiger partial charge in [-0.2, -0.15) is 0 Å². The summed E-state index contributed by atoms with van der Waals surface area (Å²) >= 11 is 0. The van der Waals surface area contributed by atoms with E-state index in [4.69, 9.17) is 14.2 Å². The molecule has 3 rings (SSSR count). The molecule has 1 heterocycles. The first-order valence-electron chi connectivity index (χ1n) is 6.04. The third-order valence-electron chi connectivity index (χ3n) is 4.99. The van der Waals surface area contributed by atoms with E-state index in [-0.39, 0.29) is 17.3 Å². The zero-order chi connectivity index (χ0) is 11.4. The lowest BCUT2D eigenvalue weighted by Crippen LogP contribution is -2.34. The van der Waals surface area contributed by atoms with Crippen LogP contribution in [0.5, 0.6) is 0 Å². The van der Waals surface area contributed by atoms with Crippen molar-refractivity contribution in [1.29, 1.82) is 0 Å². The molecule has 90 valence electrons. The largest absolute Gasteiger partial charge is 0.369 e. The van der Waals surface area contributed by atoms with Gasteiger partial charge >= 0.3 is 0 Å². The van der Waals surface area contributed by atoms with Crippen molar-refractivity contribution < 1.29 is 14.2 Å². The monoisotopic (exact) mass is 224 g/mol. The van der Waals surface area contributed by atoms with E-state index in [9.17, 15) is 0 Å². The number of ether oxygens (including phenoxy) is 3. The van der Waals surface area contributed by atoms with Gasteiger partial charge in [0.05, 0.1) is 6.61 Å². The third-order valence-corrected chi connectivity index (χ3v) is 4.99. The molecular formula is C13H20O3. The fourth-order valence-corrected chi connectivity index (χ4v) is 3.76. The molecule has 0 amide bonds. The minimum Gasteiger partial charge on any atom is -0.369 e. The Bertz CT molecular complexity index is 317. The van der Waals surface area contributed by atoms with Crippen molar-refractivity contribution in [3.63, 3.8) is 0 Å². The second-order valence-electron chi connectivity index (χ2n) is 5.54. The zero-order valence-electron chi connectivity index (χ0n) is 10.2. The molecule has 1 saturated heterocycles. The van der Waals surface area contributed by atoms with E-state index in [2.05, 4.69) is 19.1 Å². The minimum atomic E-state index is -0.0828. The van der Waals surface area contributed by atoms with Crippen LogP contribution in [0.2, 0.25) is 0 Å². The molecule has 1 saturated carbocycles. The van der Waals surface area contributed by atoms with Gasteiger partial charge in [-0.25, -0.2) is 0 Å². The number of fused-ring (bicyclic) bond motifs is 3. The van der Waals surface area contributed by atoms with Gasteiger partial charge in [-0.3, -0.25) is 0 Å². The van der Waals surface area contributed by atoms with E-state index < -0.39 is 0 Å². The molecule has 1 unspecified atom stereocenters. The Morgan fingerprint density at radius 3 is 2.62 bits per heavy atom. The molecule has 0 aromatic rings. The molecule has 0 aromatic carbocycles. The molecule has 16 heavy (non-hydrogen) atoms. The highest BCUT2D eigenvalue weighted by molar-refractivity contribution is 5.31. The predicted octanol–water partition coefficient (Wildman–Crippen LogP) is 1.98. The van der Waals surface area contributed by atoms with Crippen LogP contribution >= 0.6 is 0 Å². The number of allylic oxidation sites excluding steroid dienone is 1. The van der Waals surface area contributed by atoms with Gasteiger partial charge in [0.15, 0.2) is 6.29 Å². The SMILES string of the molecule is COC(C[C@H]1[C@@H]2C=C[C@@]1(C)C1(CO1)C2)OC. The lowest BCUT2D eigenvalue weighted by molar-refractivity contribution is -0.120. The highest BCUT2D eigenvalue weighted by Gasteiger charge is 2.69. The lowest BCUT2D eigenvalue weighted by atomic mass is 9.74. The summed E-state index contributed by atoms with van der Waals surface area (Å²) in [7, 11) is 3.42. The number of hydrogen-bond acceptors (Lipinski definition) is 3. The van der Waals surface area contributed by atoms with Gasteiger partial charge in [0.25, 0.3) is 0 Å². The van der Waals surface area contributed by atoms with Gasteiger partial charge in [-0.05, 0) is 18.3 Å². The van der Waals surface area contributed by atoms with Gasteiger partial charge in [0.2, 0.25) is 0 Å². The van der Waals surface area contributed by atoms with E-state index in [1.165, 1.54) is 6.42 Å². The molecule has 2 bridgehead atoms. The Balaban J connectivity index is 1.78. The molecule has 0 aromatic heterocycles. The third kappa shape index (κ3) is 1.19. The molecule has 0 radical (unpaired) electrons. The van der Waals surface area contributed by atoms with Crippen molar-refractivity contribution >= 4 is 0 Å². The van der Waals surface area contributed by atoms with Gasteiger partial charge < -0.3 is 14.2 Å². The number of methoxy groups -OCH3 is 2. The Morgan fingerprint density at radius 2 is 2.12 bits per heavy atom. The van der Waals surface area contributed by atoms with E-state index in [1.807, 2.05) is 0 Å². The normalized spacial score (nSPS) is 48.5. The van der Waals surface area contributed by atoms with Crippen molar-refractivity contribution in [3.8, 4) is 0 Å². The summed E-state index contributed by atoms with van der Waals surface area (Å²) in [6.07, 6.45) is 6.79. The van der Waals surface area contributed by atoms with Gasteiger partial charge in [0, 0.05) is 26.1 Å². The minimum absolute atomic E-state index is 0.0828. The average Bonchev–Trinajstić information content (AvgIpc) is 2.94. The summed E-state index contributed by atoms with van der Waals surface area (Å²) in [5, 5.41) is 0. The van der Waals surface area contributed by atoms with Crippen LogP contribution < -0.4 is 0 Å². The van der Waals surface area contributed by atoms with Crippen molar-refractivity contribution in [2.24, 2.45) is 17.3 Å². The van der Waals surface area contributed by atoms with Crippen LogP contribution in [0.1, 0.15) is 19.8 Å². The molecule has 1 aliphatic heterocycles. The zero-order valence-corrected chi connectivity index (χ0v) is 10.2. The van der Waals surface area contributed by atoms with Gasteiger partial charge in [-0.1, -0.05) is 19.1 Å². The average molecular weight is 224 g/mol. The van der Waals surface area contributed by atoms with Crippen molar-refractivity contribution in [1.82, 2.24) is 0 Å². The maximum absolute atomic E-state index is 5.74. The van der Waals surface area contributed by atoms with Crippen molar-refractivity contribution in [3.05, 3.63) is 12.2 Å². The van der Waals surface area contributed by atoms with E-state index >= 15 is 0 Å². The Morgan fingerprint density at radius 1 is 1.44 bits per heavy atom. The van der Waals surface area contributed by atoms with Crippen LogP contribution in [-0.4, -0.2) is 32.7 Å². The highest BCUT2D eigenvalue weighted by atomic mass is 16.7. The molecular weight excluding hydrogens is 204 g/mol. The Labute approximate surface area is 96.8 Å². The molecule has 3 nitrogen and oxygen atoms in total. The smallest absolute Gasteiger partial charge is 0.157 e. The molecule has 4 atom stereocenters. The fraction of sp³-hybridized carbons (Fsp3) is 0.846. The van der Waals surface area contributed by atoms with Crippen molar-refractivity contribution in [2.45, 2.75) is 31.7 Å². The van der Waals surface area contributed by atoms with Crippen molar-refractivity contribution in [2.75, 3.05) is 20.8 Å². The molecule has 1 spiro atoms. The number of epoxide rings is 1. The summed E-state index contributed by atoms with van der Waals surface area (Å²) < 4.78 is 16.4. The summed E-state index contributed by atoms with van der Waals surface area (Å²) in [5.41, 5.74) is 0.357. The van der Waals surface area contributed by atoms with E-state index in [0.717, 1.165) is 13.0 Å². The molecule has 0 N–H and O–H groups in total. The Hall–Kier alpha value is -0.380. The Kier molecular flexibility index (Phi) is 2.23. The standard InChI is InChI=1S/C13H20O3/c1-12-5-4-9(7-13(12)8-16-13)10(12)6-11(14-2)15-3/h4-5,9-11H,6-8H2,1-3H3/t9-,10+,12-,13?/m1/s1. The van der Waals surface area contributed by atoms with E-state index in [0.29, 0.717) is 11.8 Å². The highest BCUT2D eigenvalue weighted by Crippen LogP contribution is 2.67. The van der Waals surface area contributed by atoms with Crippen LogP contribution in [0.4, 0.5) is 0 Å². The maximum atomic E-state index is 5.74. The van der Waals surface area contributed by atoms with Gasteiger partial charge in [-0.15, -0.1) is 0 Å². The second-order valence-corrected chi connectivity index (χ2v) is 5.54. The van der Waals surface area contributed by atoms with Crippen LogP contribution in [0.25, 0.3) is 0 Å². The first-order chi connectivity index (χ1) is 7.65. The maximum Gasteiger partial charge on any atom is 0.157 e. The van der Waals surface area contributed by atoms with Crippen LogP contribution in [0, 0.1) is 17.3 Å². The summed E-state index contributed by atoms with van der Waals surface area (Å²) in [4.78, 5) is 0. The van der Waals surface area contributed by atoms with Crippen LogP contribution in [0.3, 0.4) is 0 Å². The fourth-order valence-electron chi connectivity index (χ4n) is 3.76. The summed E-state index contributed by atoms with van der Waals surface area (Å²) in [6.45, 7) is 3.27. The molecule has 2 fully saturated rings. The van der Waals surface area contributed by atoms with Gasteiger partial charge in [0.1, 0.15) is 5.60 Å². The first kappa shape index (κ1) is 10.8. The quantitative estimate of drug-likeness (QED) is 0.415. The lowest BCUT2D eigenvalue weighted by Gasteiger charge is -2.31. The first-order valence-corrected chi connectivity index (χ1v) is 6.04. The molecule has 2 aliphatic carbocycles. The molecule has 3 aliphatic rings. The number of hydrogen-bond donors (Lipinski definition) is 0. The number of rotatable bonds is 4.